The van der Waals surface area contributed by atoms with Crippen molar-refractivity contribution >= 4 is 33.1 Å². The van der Waals surface area contributed by atoms with E-state index in [-0.39, 0.29) is 11.9 Å². The lowest BCUT2D eigenvalue weighted by Crippen LogP contribution is -2.19. The summed E-state index contributed by atoms with van der Waals surface area (Å²) >= 11 is 0. The minimum absolute atomic E-state index is 0.0134. The number of aromatic nitrogens is 6. The van der Waals surface area contributed by atoms with Crippen LogP contribution in [0.3, 0.4) is 0 Å². The summed E-state index contributed by atoms with van der Waals surface area (Å²) in [5.74, 6) is -0.996. The Morgan fingerprint density at radius 3 is 2.51 bits per heavy atom. The fourth-order valence-corrected chi connectivity index (χ4v) is 4.87. The second-order valence-corrected chi connectivity index (χ2v) is 11.5. The van der Waals surface area contributed by atoms with Crippen LogP contribution in [0.5, 0.6) is 0 Å². The molecule has 3 heterocycles. The van der Waals surface area contributed by atoms with E-state index in [9.17, 15) is 8.42 Å². The van der Waals surface area contributed by atoms with Crippen LogP contribution in [0.4, 0.5) is 32.1 Å². The molecule has 0 atom stereocenters. The van der Waals surface area contributed by atoms with Crippen LogP contribution >= 0.6 is 0 Å². The van der Waals surface area contributed by atoms with Gasteiger partial charge in [0.15, 0.2) is 27.3 Å². The van der Waals surface area contributed by atoms with Crippen molar-refractivity contribution in [1.29, 1.82) is 0 Å². The molecule has 39 heavy (non-hydrogen) atoms. The van der Waals surface area contributed by atoms with E-state index in [0.29, 0.717) is 36.2 Å². The van der Waals surface area contributed by atoms with Crippen LogP contribution in [0.15, 0.2) is 35.4 Å². The third-order valence-corrected chi connectivity index (χ3v) is 7.43. The molecule has 1 saturated carbocycles. The van der Waals surface area contributed by atoms with Gasteiger partial charge in [-0.15, -0.1) is 0 Å². The molecule has 1 aliphatic carbocycles. The van der Waals surface area contributed by atoms with Crippen molar-refractivity contribution in [3.05, 3.63) is 53.4 Å². The molecule has 0 amide bonds. The third kappa shape index (κ3) is 5.61. The van der Waals surface area contributed by atoms with Gasteiger partial charge in [-0.1, -0.05) is 0 Å². The molecule has 0 unspecified atom stereocenters. The summed E-state index contributed by atoms with van der Waals surface area (Å²) < 4.78 is 60.9. The highest BCUT2D eigenvalue weighted by Gasteiger charge is 2.33. The van der Waals surface area contributed by atoms with Gasteiger partial charge in [0.2, 0.25) is 5.95 Å². The van der Waals surface area contributed by atoms with Crippen LogP contribution < -0.4 is 10.2 Å². The van der Waals surface area contributed by atoms with Crippen LogP contribution in [0.2, 0.25) is 0 Å². The lowest BCUT2D eigenvalue weighted by molar-refractivity contribution is 0.183. The molecular weight excluding hydrogens is 530 g/mol. The van der Waals surface area contributed by atoms with E-state index in [1.165, 1.54) is 7.05 Å². The largest absolute Gasteiger partial charge is 0.383 e. The highest BCUT2D eigenvalue weighted by molar-refractivity contribution is 7.90. The Hall–Kier alpha value is -3.91. The average Bonchev–Trinajstić information content (AvgIpc) is 3.45. The lowest BCUT2D eigenvalue weighted by atomic mass is 10.1. The Balaban J connectivity index is 1.65. The van der Waals surface area contributed by atoms with Gasteiger partial charge in [-0.3, -0.25) is 9.78 Å². The van der Waals surface area contributed by atoms with Crippen molar-refractivity contribution in [2.24, 2.45) is 0 Å². The van der Waals surface area contributed by atoms with Crippen LogP contribution in [-0.2, 0) is 21.1 Å². The summed E-state index contributed by atoms with van der Waals surface area (Å²) in [4.78, 5) is 10.1. The highest BCUT2D eigenvalue weighted by Crippen LogP contribution is 2.48. The van der Waals surface area contributed by atoms with Gasteiger partial charge in [-0.2, -0.15) is 15.2 Å². The van der Waals surface area contributed by atoms with Gasteiger partial charge in [-0.05, 0) is 43.9 Å². The van der Waals surface area contributed by atoms with E-state index in [2.05, 4.69) is 25.6 Å². The molecule has 1 aliphatic rings. The molecule has 206 valence electrons. The number of ether oxygens (including phenoxy) is 1. The first-order valence-corrected chi connectivity index (χ1v) is 14.1. The second kappa shape index (κ2) is 10.3. The number of nitrogens with zero attached hydrogens (tertiary/aromatic N) is 6. The van der Waals surface area contributed by atoms with Crippen LogP contribution in [0, 0.1) is 18.6 Å². The zero-order chi connectivity index (χ0) is 27.9. The van der Waals surface area contributed by atoms with Gasteiger partial charge in [0, 0.05) is 43.9 Å². The lowest BCUT2D eigenvalue weighted by Gasteiger charge is -2.22. The van der Waals surface area contributed by atoms with Gasteiger partial charge in [0.05, 0.1) is 18.0 Å². The number of sulfone groups is 1. The molecular formula is C25H28F2N8O3S. The maximum absolute atomic E-state index is 15.1. The quantitative estimate of drug-likeness (QED) is 0.295. The third-order valence-electron chi connectivity index (χ3n) is 6.33. The molecule has 1 aromatic carbocycles. The fourth-order valence-electron chi connectivity index (χ4n) is 4.23. The minimum atomic E-state index is -3.82. The first-order valence-electron chi connectivity index (χ1n) is 12.2. The monoisotopic (exact) mass is 558 g/mol. The Morgan fingerprint density at radius 1 is 1.21 bits per heavy atom. The van der Waals surface area contributed by atoms with E-state index in [4.69, 9.17) is 9.72 Å². The zero-order valence-electron chi connectivity index (χ0n) is 21.9. The smallest absolute Gasteiger partial charge is 0.232 e. The molecule has 1 fully saturated rings. The maximum atomic E-state index is 15.1. The first kappa shape index (κ1) is 26.7. The number of benzene rings is 1. The predicted octanol–water partition coefficient (Wildman–Crippen LogP) is 4.09. The second-order valence-electron chi connectivity index (χ2n) is 9.49. The van der Waals surface area contributed by atoms with Gasteiger partial charge in [-0.25, -0.2) is 22.2 Å². The van der Waals surface area contributed by atoms with Crippen LogP contribution in [0.25, 0.3) is 11.4 Å². The number of H-pyrrole nitrogens is 1. The Morgan fingerprint density at radius 2 is 1.92 bits per heavy atom. The number of rotatable bonds is 10. The number of aryl methyl sites for hydroxylation is 1. The minimum Gasteiger partial charge on any atom is -0.383 e. The summed E-state index contributed by atoms with van der Waals surface area (Å²) in [7, 11) is -0.796. The Labute approximate surface area is 224 Å². The molecule has 14 heteroatoms. The summed E-state index contributed by atoms with van der Waals surface area (Å²) in [5, 5.41) is 15.0. The number of anilines is 4. The number of aromatic amines is 1. The highest BCUT2D eigenvalue weighted by atomic mass is 32.2. The zero-order valence-corrected chi connectivity index (χ0v) is 22.7. The van der Waals surface area contributed by atoms with E-state index in [1.807, 2.05) is 25.3 Å². The first-order chi connectivity index (χ1) is 18.5. The Kier molecular flexibility index (Phi) is 7.07. The number of hydrogen-bond acceptors (Lipinski definition) is 9. The molecule has 2 N–H and O–H groups in total. The number of halogens is 2. The van der Waals surface area contributed by atoms with Crippen molar-refractivity contribution in [3.8, 4) is 11.4 Å². The molecule has 0 saturated heterocycles. The fraction of sp³-hybridized carbons (Fsp3) is 0.360. The maximum Gasteiger partial charge on any atom is 0.232 e. The van der Waals surface area contributed by atoms with E-state index in [1.54, 1.807) is 11.8 Å². The Bertz CT molecular complexity index is 1610. The van der Waals surface area contributed by atoms with Crippen molar-refractivity contribution < 1.29 is 21.9 Å². The SMILES string of the molecule is COCCn1ccc(-c2nc(N(C)c3c(F)cc(S(C)(=O)=O)cc3F)nc(Nc3cc(C)[nH]n3)c2C2CC2)n1. The van der Waals surface area contributed by atoms with Gasteiger partial charge in [0.25, 0.3) is 0 Å². The van der Waals surface area contributed by atoms with E-state index >= 15 is 8.78 Å². The summed E-state index contributed by atoms with van der Waals surface area (Å²) in [6.45, 7) is 2.87. The molecule has 0 aliphatic heterocycles. The van der Waals surface area contributed by atoms with E-state index in [0.717, 1.165) is 47.4 Å². The number of methoxy groups -OCH3 is 1. The van der Waals surface area contributed by atoms with E-state index < -0.39 is 32.1 Å². The van der Waals surface area contributed by atoms with Gasteiger partial charge >= 0.3 is 0 Å². The van der Waals surface area contributed by atoms with Crippen LogP contribution in [0.1, 0.15) is 30.0 Å². The average molecular weight is 559 g/mol. The van der Waals surface area contributed by atoms with Crippen molar-refractivity contribution in [1.82, 2.24) is 29.9 Å². The topological polar surface area (TPSA) is 131 Å². The van der Waals surface area contributed by atoms with Gasteiger partial charge in [0.1, 0.15) is 22.9 Å². The standard InChI is InChI=1S/C25H28F2N8O3S/c1-14-11-20(32-31-14)28-24-21(15-5-6-15)22(19-7-8-35(33-19)9-10-38-3)29-25(30-24)34(2)23-17(26)12-16(13-18(23)27)39(4,36)37/h7-8,11-13,15H,5-6,9-10H2,1-4H3,(H2,28,29,30,31,32). The molecule has 0 spiro atoms. The summed E-state index contributed by atoms with van der Waals surface area (Å²) in [5.41, 5.74) is 2.27. The molecule has 11 nitrogen and oxygen atoms in total. The van der Waals surface area contributed by atoms with Crippen molar-refractivity contribution in [2.75, 3.05) is 37.2 Å². The van der Waals surface area contributed by atoms with Crippen molar-refractivity contribution in [3.63, 3.8) is 0 Å². The molecule has 4 aromatic rings. The summed E-state index contributed by atoms with van der Waals surface area (Å²) in [6.07, 6.45) is 4.56. The van der Waals surface area contributed by atoms with Gasteiger partial charge < -0.3 is 15.0 Å². The summed E-state index contributed by atoms with van der Waals surface area (Å²) in [6, 6.07) is 5.20. The number of hydrogen-bond donors (Lipinski definition) is 2. The normalized spacial score (nSPS) is 13.6. The van der Waals surface area contributed by atoms with Crippen LogP contribution in [-0.4, -0.2) is 65.4 Å². The predicted molar refractivity (Wildman–Crippen MR) is 141 cm³/mol. The number of nitrogens with one attached hydrogen (secondary N) is 2. The molecule has 0 radical (unpaired) electrons. The molecule has 3 aromatic heterocycles. The molecule has 0 bridgehead atoms. The van der Waals surface area contributed by atoms with Crippen molar-refractivity contribution in [2.45, 2.75) is 37.1 Å². The molecule has 5 rings (SSSR count).